The van der Waals surface area contributed by atoms with Crippen molar-refractivity contribution in [3.05, 3.63) is 16.7 Å². The van der Waals surface area contributed by atoms with E-state index in [1.165, 1.54) is 21.3 Å². The maximum Gasteiger partial charge on any atom is 0.327 e. The molecule has 0 aromatic heterocycles. The van der Waals surface area contributed by atoms with Gasteiger partial charge in [0.2, 0.25) is 5.91 Å². The topological polar surface area (TPSA) is 107 Å². The van der Waals surface area contributed by atoms with E-state index in [1.807, 2.05) is 0 Å². The van der Waals surface area contributed by atoms with E-state index in [0.717, 1.165) is 0 Å². The average Bonchev–Trinajstić information content (AvgIpc) is 2.74. The molecule has 2 aliphatic rings. The molecular weight excluding hydrogens is 444 g/mol. The lowest BCUT2D eigenvalue weighted by atomic mass is 9.77. The first-order chi connectivity index (χ1) is 15.3. The molecule has 0 bridgehead atoms. The Hall–Kier alpha value is -2.30. The highest BCUT2D eigenvalue weighted by Crippen LogP contribution is 2.54. The van der Waals surface area contributed by atoms with Crippen LogP contribution in [0.25, 0.3) is 0 Å². The minimum absolute atomic E-state index is 0.0594. The standard InChI is InChI=1S/C23H36N2O7Si/c1-12-19(29-5)14-13(18(26)20(12)30-6)15(22(28)31-7)24-16-17(14)25(21(16)27)10-11-32-33(8,9)23(2,3)4/h15-17,24,26H,10-11H2,1-9H3/t15-,16-,17+/m0/s1. The highest BCUT2D eigenvalue weighted by molar-refractivity contribution is 6.74. The second-order valence-corrected chi connectivity index (χ2v) is 14.9. The first-order valence-corrected chi connectivity index (χ1v) is 14.0. The van der Waals surface area contributed by atoms with Crippen LogP contribution in [0.1, 0.15) is 49.5 Å². The van der Waals surface area contributed by atoms with Crippen molar-refractivity contribution in [2.45, 2.75) is 64.0 Å². The van der Waals surface area contributed by atoms with Crippen molar-refractivity contribution in [3.63, 3.8) is 0 Å². The molecule has 9 nitrogen and oxygen atoms in total. The third kappa shape index (κ3) is 3.98. The van der Waals surface area contributed by atoms with E-state index in [-0.39, 0.29) is 22.4 Å². The highest BCUT2D eigenvalue weighted by atomic mass is 28.4. The van der Waals surface area contributed by atoms with Gasteiger partial charge in [0, 0.05) is 23.2 Å². The van der Waals surface area contributed by atoms with Crippen molar-refractivity contribution in [1.82, 2.24) is 10.2 Å². The van der Waals surface area contributed by atoms with E-state index in [0.29, 0.717) is 35.6 Å². The molecule has 3 atom stereocenters. The number of carbonyl (C=O) groups is 2. The first-order valence-electron chi connectivity index (χ1n) is 11.1. The number of phenols is 1. The van der Waals surface area contributed by atoms with Gasteiger partial charge in [0.1, 0.15) is 17.8 Å². The number of hydrogen-bond donors (Lipinski definition) is 2. The van der Waals surface area contributed by atoms with Crippen LogP contribution in [0.15, 0.2) is 0 Å². The number of likely N-dealkylation sites (tertiary alicyclic amines) is 1. The smallest absolute Gasteiger partial charge is 0.327 e. The number of β-lactam (4-membered cyclic amide) rings is 1. The number of esters is 1. The van der Waals surface area contributed by atoms with Crippen molar-refractivity contribution in [2.75, 3.05) is 34.5 Å². The van der Waals surface area contributed by atoms with Crippen LogP contribution in [0.5, 0.6) is 17.2 Å². The number of nitrogens with one attached hydrogen (secondary N) is 1. The van der Waals surface area contributed by atoms with Crippen LogP contribution in [-0.4, -0.2) is 70.7 Å². The minimum atomic E-state index is -1.97. The van der Waals surface area contributed by atoms with Gasteiger partial charge in [-0.05, 0) is 25.1 Å². The van der Waals surface area contributed by atoms with Crippen molar-refractivity contribution in [3.8, 4) is 17.2 Å². The monoisotopic (exact) mass is 480 g/mol. The normalized spacial score (nSPS) is 22.3. The molecule has 0 unspecified atom stereocenters. The molecule has 2 N–H and O–H groups in total. The summed E-state index contributed by atoms with van der Waals surface area (Å²) in [5, 5.41) is 14.2. The molecule has 1 aromatic rings. The Morgan fingerprint density at radius 2 is 1.73 bits per heavy atom. The molecule has 0 saturated carbocycles. The summed E-state index contributed by atoms with van der Waals surface area (Å²) in [6, 6.07) is -2.07. The Morgan fingerprint density at radius 1 is 1.12 bits per heavy atom. The summed E-state index contributed by atoms with van der Waals surface area (Å²) < 4.78 is 22.3. The van der Waals surface area contributed by atoms with Crippen LogP contribution >= 0.6 is 0 Å². The zero-order chi connectivity index (χ0) is 24.9. The summed E-state index contributed by atoms with van der Waals surface area (Å²) in [5.74, 6) is -0.200. The Kier molecular flexibility index (Phi) is 6.76. The Bertz CT molecular complexity index is 957. The summed E-state index contributed by atoms with van der Waals surface area (Å²) in [5.41, 5.74) is 1.50. The van der Waals surface area contributed by atoms with Gasteiger partial charge in [-0.1, -0.05) is 20.8 Å². The SMILES string of the molecule is COC(=O)[C@H]1N[C@@H]2C(=O)N(CCO[Si](C)(C)C(C)(C)C)[C@@H]2c2c(OC)c(C)c(OC)c(O)c21. The number of amides is 1. The predicted molar refractivity (Wildman–Crippen MR) is 125 cm³/mol. The molecule has 1 saturated heterocycles. The molecule has 33 heavy (non-hydrogen) atoms. The van der Waals surface area contributed by atoms with Crippen LogP contribution < -0.4 is 14.8 Å². The lowest BCUT2D eigenvalue weighted by molar-refractivity contribution is -0.157. The summed E-state index contributed by atoms with van der Waals surface area (Å²) in [6.45, 7) is 13.4. The molecule has 1 fully saturated rings. The summed E-state index contributed by atoms with van der Waals surface area (Å²) >= 11 is 0. The van der Waals surface area contributed by atoms with Crippen LogP contribution in [-0.2, 0) is 18.8 Å². The zero-order valence-corrected chi connectivity index (χ0v) is 22.0. The molecule has 3 rings (SSSR count). The number of benzene rings is 1. The number of hydrogen-bond acceptors (Lipinski definition) is 8. The average molecular weight is 481 g/mol. The van der Waals surface area contributed by atoms with Gasteiger partial charge in [-0.2, -0.15) is 0 Å². The molecule has 1 aromatic carbocycles. The van der Waals surface area contributed by atoms with Crippen molar-refractivity contribution in [2.24, 2.45) is 0 Å². The van der Waals surface area contributed by atoms with Crippen molar-refractivity contribution < 1.29 is 33.3 Å². The fraction of sp³-hybridized carbons (Fsp3) is 0.652. The number of aromatic hydroxyl groups is 1. The Balaban J connectivity index is 2.02. The van der Waals surface area contributed by atoms with Gasteiger partial charge in [0.15, 0.2) is 19.8 Å². The quantitative estimate of drug-likeness (QED) is 0.349. The van der Waals surface area contributed by atoms with Crippen LogP contribution in [0.2, 0.25) is 18.1 Å². The molecule has 10 heteroatoms. The van der Waals surface area contributed by atoms with E-state index in [2.05, 4.69) is 39.2 Å². The molecule has 2 aliphatic heterocycles. The number of fused-ring (bicyclic) bond motifs is 3. The molecule has 0 radical (unpaired) electrons. The zero-order valence-electron chi connectivity index (χ0n) is 21.0. The highest BCUT2D eigenvalue weighted by Gasteiger charge is 2.56. The van der Waals surface area contributed by atoms with Gasteiger partial charge >= 0.3 is 5.97 Å². The third-order valence-corrected chi connectivity index (χ3v) is 11.8. The summed E-state index contributed by atoms with van der Waals surface area (Å²) in [7, 11) is 2.26. The molecule has 1 amide bonds. The number of ether oxygens (including phenoxy) is 3. The van der Waals surface area contributed by atoms with Gasteiger partial charge in [0.05, 0.1) is 34.0 Å². The molecule has 184 valence electrons. The fourth-order valence-corrected chi connectivity index (χ4v) is 5.45. The van der Waals surface area contributed by atoms with E-state index >= 15 is 0 Å². The lowest BCUT2D eigenvalue weighted by Crippen LogP contribution is -2.68. The molecule has 0 spiro atoms. The second-order valence-electron chi connectivity index (χ2n) is 10.1. The maximum atomic E-state index is 13.0. The first kappa shape index (κ1) is 25.3. The third-order valence-electron chi connectivity index (χ3n) is 7.26. The number of nitrogens with zero attached hydrogens (tertiary/aromatic N) is 1. The number of rotatable bonds is 7. The summed E-state index contributed by atoms with van der Waals surface area (Å²) in [6.07, 6.45) is 0. The molecule has 0 aliphatic carbocycles. The van der Waals surface area contributed by atoms with Gasteiger partial charge in [0.25, 0.3) is 0 Å². The van der Waals surface area contributed by atoms with E-state index < -0.39 is 32.4 Å². The Labute approximate surface area is 196 Å². The number of carbonyl (C=O) groups excluding carboxylic acids is 2. The Morgan fingerprint density at radius 3 is 2.24 bits per heavy atom. The molecular formula is C23H36N2O7Si. The van der Waals surface area contributed by atoms with Gasteiger partial charge in [-0.25, -0.2) is 4.79 Å². The lowest BCUT2D eigenvalue weighted by Gasteiger charge is -2.52. The van der Waals surface area contributed by atoms with Gasteiger partial charge in [-0.3, -0.25) is 10.1 Å². The largest absolute Gasteiger partial charge is 0.504 e. The fourth-order valence-electron chi connectivity index (χ4n) is 4.42. The number of methoxy groups -OCH3 is 3. The molecule has 2 heterocycles. The van der Waals surface area contributed by atoms with Gasteiger partial charge in [-0.15, -0.1) is 0 Å². The van der Waals surface area contributed by atoms with Gasteiger partial charge < -0.3 is 28.6 Å². The van der Waals surface area contributed by atoms with E-state index in [4.69, 9.17) is 18.6 Å². The predicted octanol–water partition coefficient (Wildman–Crippen LogP) is 2.81. The van der Waals surface area contributed by atoms with Crippen molar-refractivity contribution in [1.29, 1.82) is 0 Å². The minimum Gasteiger partial charge on any atom is -0.504 e. The second kappa shape index (κ2) is 8.81. The summed E-state index contributed by atoms with van der Waals surface area (Å²) in [4.78, 5) is 27.3. The maximum absolute atomic E-state index is 13.0. The van der Waals surface area contributed by atoms with Crippen LogP contribution in [0.3, 0.4) is 0 Å². The van der Waals surface area contributed by atoms with Crippen LogP contribution in [0.4, 0.5) is 0 Å². The van der Waals surface area contributed by atoms with Crippen LogP contribution in [0, 0.1) is 6.92 Å². The van der Waals surface area contributed by atoms with E-state index in [9.17, 15) is 14.7 Å². The van der Waals surface area contributed by atoms with E-state index in [1.54, 1.807) is 11.8 Å². The number of phenolic OH excluding ortho intramolecular Hbond substituents is 1. The van der Waals surface area contributed by atoms with Crippen molar-refractivity contribution >= 4 is 20.2 Å².